The number of aryl methyl sites for hydroxylation is 2. The van der Waals surface area contributed by atoms with Crippen molar-refractivity contribution in [2.45, 2.75) is 27.2 Å². The number of benzene rings is 2. The molecule has 18 heavy (non-hydrogen) atoms. The number of halogens is 1. The molecule has 0 aliphatic carbocycles. The fourth-order valence-corrected chi connectivity index (χ4v) is 3.90. The third-order valence-electron chi connectivity index (χ3n) is 3.11. The standard InChI is InChI=1S/C17H20I/c1-4-18-17-10-7-14(3)16(12-17)11-15-8-5-13(2)6-9-15/h5-10,12H,4,11H2,1-3H3/q-1. The van der Waals surface area contributed by atoms with Crippen molar-refractivity contribution in [3.05, 3.63) is 68.3 Å². The predicted octanol–water partition coefficient (Wildman–Crippen LogP) is 1.17. The maximum absolute atomic E-state index is 2.42. The van der Waals surface area contributed by atoms with Crippen molar-refractivity contribution in [3.63, 3.8) is 0 Å². The predicted molar refractivity (Wildman–Crippen MR) is 74.4 cm³/mol. The first kappa shape index (κ1) is 13.6. The molecule has 0 saturated heterocycles. The van der Waals surface area contributed by atoms with Gasteiger partial charge in [-0.15, -0.1) is 0 Å². The van der Waals surface area contributed by atoms with E-state index in [4.69, 9.17) is 0 Å². The Kier molecular flexibility index (Phi) is 4.81. The van der Waals surface area contributed by atoms with Crippen LogP contribution in [-0.2, 0) is 6.42 Å². The minimum absolute atomic E-state index is 0.219. The Morgan fingerprint density at radius 3 is 2.33 bits per heavy atom. The Balaban J connectivity index is 2.22. The topological polar surface area (TPSA) is 0 Å². The summed E-state index contributed by atoms with van der Waals surface area (Å²) in [5.74, 6) is 0. The van der Waals surface area contributed by atoms with Gasteiger partial charge < -0.3 is 0 Å². The van der Waals surface area contributed by atoms with Crippen LogP contribution in [0.3, 0.4) is 0 Å². The van der Waals surface area contributed by atoms with Crippen LogP contribution < -0.4 is 21.2 Å². The number of hydrogen-bond acceptors (Lipinski definition) is 0. The third kappa shape index (κ3) is 3.58. The monoisotopic (exact) mass is 351 g/mol. The summed E-state index contributed by atoms with van der Waals surface area (Å²) in [7, 11) is 0. The van der Waals surface area contributed by atoms with Crippen LogP contribution in [0.1, 0.15) is 29.2 Å². The second-order valence-electron chi connectivity index (χ2n) is 4.63. The van der Waals surface area contributed by atoms with Crippen molar-refractivity contribution in [2.24, 2.45) is 0 Å². The second-order valence-corrected chi connectivity index (χ2v) is 8.17. The molecule has 1 heteroatoms. The first-order valence-corrected chi connectivity index (χ1v) is 9.03. The average Bonchev–Trinajstić information content (AvgIpc) is 2.36. The number of hydrogen-bond donors (Lipinski definition) is 0. The average molecular weight is 351 g/mol. The van der Waals surface area contributed by atoms with E-state index in [9.17, 15) is 0 Å². The Labute approximate surface area is 121 Å². The summed E-state index contributed by atoms with van der Waals surface area (Å²) in [5.41, 5.74) is 5.65. The summed E-state index contributed by atoms with van der Waals surface area (Å²) in [6.45, 7) is 6.64. The zero-order valence-electron chi connectivity index (χ0n) is 11.3. The van der Waals surface area contributed by atoms with Crippen molar-refractivity contribution < 1.29 is 21.2 Å². The maximum atomic E-state index is 2.42. The molecule has 2 rings (SSSR count). The molecule has 0 amide bonds. The minimum atomic E-state index is 0.219. The molecule has 96 valence electrons. The number of alkyl halides is 1. The zero-order chi connectivity index (χ0) is 13.0. The van der Waals surface area contributed by atoms with E-state index in [1.165, 1.54) is 26.7 Å². The van der Waals surface area contributed by atoms with Gasteiger partial charge in [-0.25, -0.2) is 0 Å². The molecule has 0 aliphatic heterocycles. The van der Waals surface area contributed by atoms with Gasteiger partial charge in [-0.1, -0.05) is 0 Å². The summed E-state index contributed by atoms with van der Waals surface area (Å²) in [6.07, 6.45) is 1.06. The van der Waals surface area contributed by atoms with Crippen LogP contribution in [0, 0.1) is 17.4 Å². The first-order chi connectivity index (χ1) is 8.69. The molecule has 0 heterocycles. The van der Waals surface area contributed by atoms with Crippen molar-refractivity contribution in [2.75, 3.05) is 4.43 Å². The van der Waals surface area contributed by atoms with Crippen LogP contribution in [-0.4, -0.2) is 4.43 Å². The van der Waals surface area contributed by atoms with Gasteiger partial charge in [-0.3, -0.25) is 0 Å². The molecule has 0 N–H and O–H groups in total. The van der Waals surface area contributed by atoms with Gasteiger partial charge in [-0.05, 0) is 0 Å². The van der Waals surface area contributed by atoms with Crippen LogP contribution in [0.4, 0.5) is 0 Å². The Morgan fingerprint density at radius 1 is 0.944 bits per heavy atom. The molecular formula is C17H20I-. The van der Waals surface area contributed by atoms with E-state index in [-0.39, 0.29) is 21.2 Å². The molecule has 0 unspecified atom stereocenters. The van der Waals surface area contributed by atoms with Crippen molar-refractivity contribution >= 4 is 0 Å². The summed E-state index contributed by atoms with van der Waals surface area (Å²) in [4.78, 5) is 0. The summed E-state index contributed by atoms with van der Waals surface area (Å²) in [6, 6.07) is 15.9. The van der Waals surface area contributed by atoms with E-state index in [1.54, 1.807) is 3.57 Å². The molecular weight excluding hydrogens is 331 g/mol. The van der Waals surface area contributed by atoms with Gasteiger partial charge >= 0.3 is 121 Å². The fourth-order valence-electron chi connectivity index (χ4n) is 1.99. The van der Waals surface area contributed by atoms with Gasteiger partial charge in [-0.2, -0.15) is 0 Å². The van der Waals surface area contributed by atoms with Gasteiger partial charge in [0.15, 0.2) is 0 Å². The SMILES string of the molecule is CC[I-]c1ccc(C)c(Cc2ccc(C)cc2)c1. The first-order valence-electron chi connectivity index (χ1n) is 6.43. The summed E-state index contributed by atoms with van der Waals surface area (Å²) >= 11 is 0.219. The van der Waals surface area contributed by atoms with Crippen molar-refractivity contribution in [1.82, 2.24) is 0 Å². The van der Waals surface area contributed by atoms with E-state index in [0.29, 0.717) is 0 Å². The second kappa shape index (κ2) is 6.37. The van der Waals surface area contributed by atoms with Crippen LogP contribution >= 0.6 is 0 Å². The Morgan fingerprint density at radius 2 is 1.67 bits per heavy atom. The van der Waals surface area contributed by atoms with Crippen molar-refractivity contribution in [1.29, 1.82) is 0 Å². The molecule has 0 bridgehead atoms. The molecule has 0 radical (unpaired) electrons. The van der Waals surface area contributed by atoms with Gasteiger partial charge in [0, 0.05) is 0 Å². The molecule has 0 aliphatic rings. The summed E-state index contributed by atoms with van der Waals surface area (Å²) in [5, 5.41) is 0. The molecule has 0 aromatic heterocycles. The fraction of sp³-hybridized carbons (Fsp3) is 0.294. The van der Waals surface area contributed by atoms with E-state index in [2.05, 4.69) is 63.2 Å². The van der Waals surface area contributed by atoms with Crippen molar-refractivity contribution in [3.8, 4) is 0 Å². The normalized spacial score (nSPS) is 10.8. The van der Waals surface area contributed by atoms with Crippen LogP contribution in [0.15, 0.2) is 42.5 Å². The molecule has 0 nitrogen and oxygen atoms in total. The van der Waals surface area contributed by atoms with E-state index >= 15 is 0 Å². The van der Waals surface area contributed by atoms with Crippen LogP contribution in [0.2, 0.25) is 0 Å². The van der Waals surface area contributed by atoms with E-state index in [0.717, 1.165) is 6.42 Å². The number of rotatable bonds is 4. The Bertz CT molecular complexity index is 512. The van der Waals surface area contributed by atoms with Gasteiger partial charge in [0.05, 0.1) is 0 Å². The molecule has 0 spiro atoms. The summed E-state index contributed by atoms with van der Waals surface area (Å²) < 4.78 is 2.90. The quantitative estimate of drug-likeness (QED) is 0.573. The Hall–Kier alpha value is -0.830. The van der Waals surface area contributed by atoms with E-state index < -0.39 is 0 Å². The molecule has 0 atom stereocenters. The van der Waals surface area contributed by atoms with Gasteiger partial charge in [0.2, 0.25) is 0 Å². The van der Waals surface area contributed by atoms with Crippen LogP contribution in [0.25, 0.3) is 0 Å². The van der Waals surface area contributed by atoms with Gasteiger partial charge in [0.25, 0.3) is 0 Å². The molecule has 2 aromatic carbocycles. The molecule has 0 saturated carbocycles. The van der Waals surface area contributed by atoms with Crippen LogP contribution in [0.5, 0.6) is 0 Å². The molecule has 0 fully saturated rings. The van der Waals surface area contributed by atoms with E-state index in [1.807, 2.05) is 0 Å². The molecule has 2 aromatic rings. The van der Waals surface area contributed by atoms with Gasteiger partial charge in [0.1, 0.15) is 0 Å². The third-order valence-corrected chi connectivity index (χ3v) is 5.43. The zero-order valence-corrected chi connectivity index (χ0v) is 13.5.